The Kier molecular flexibility index (Phi) is 3.51. The summed E-state index contributed by atoms with van der Waals surface area (Å²) in [6.45, 7) is 8.12. The van der Waals surface area contributed by atoms with Crippen LogP contribution < -0.4 is 5.32 Å². The minimum atomic E-state index is -0.454. The molecule has 0 bridgehead atoms. The van der Waals surface area contributed by atoms with Crippen LogP contribution in [0.3, 0.4) is 0 Å². The van der Waals surface area contributed by atoms with E-state index in [0.717, 1.165) is 0 Å². The minimum Gasteiger partial charge on any atom is -0.346 e. The Bertz CT molecular complexity index is 196. The second-order valence-corrected chi connectivity index (χ2v) is 2.57. The van der Waals surface area contributed by atoms with Crippen LogP contribution in [0.2, 0.25) is 0 Å². The van der Waals surface area contributed by atoms with Gasteiger partial charge in [0.25, 0.3) is 0 Å². The van der Waals surface area contributed by atoms with E-state index in [1.807, 2.05) is 0 Å². The van der Waals surface area contributed by atoms with Crippen molar-refractivity contribution in [1.29, 1.82) is 0 Å². The molecular formula is C8H13NO2. The fourth-order valence-corrected chi connectivity index (χ4v) is 0.740. The van der Waals surface area contributed by atoms with Crippen molar-refractivity contribution in [1.82, 2.24) is 5.32 Å². The maximum Gasteiger partial charge on any atom is 0.217 e. The van der Waals surface area contributed by atoms with Gasteiger partial charge >= 0.3 is 0 Å². The molecule has 1 N–H and O–H groups in total. The number of ketones is 1. The van der Waals surface area contributed by atoms with Gasteiger partial charge in [-0.25, -0.2) is 0 Å². The van der Waals surface area contributed by atoms with Gasteiger partial charge in [-0.3, -0.25) is 9.59 Å². The number of hydrogen-bond donors (Lipinski definition) is 1. The smallest absolute Gasteiger partial charge is 0.217 e. The topological polar surface area (TPSA) is 46.2 Å². The van der Waals surface area contributed by atoms with Gasteiger partial charge < -0.3 is 5.32 Å². The molecule has 1 amide bonds. The zero-order valence-corrected chi connectivity index (χ0v) is 7.10. The van der Waals surface area contributed by atoms with Crippen molar-refractivity contribution in [2.45, 2.75) is 26.8 Å². The molecule has 0 heterocycles. The van der Waals surface area contributed by atoms with E-state index in [1.54, 1.807) is 13.8 Å². The van der Waals surface area contributed by atoms with E-state index in [-0.39, 0.29) is 11.7 Å². The van der Waals surface area contributed by atoms with Crippen LogP contribution in [0.5, 0.6) is 0 Å². The van der Waals surface area contributed by atoms with Crippen LogP contribution in [0.4, 0.5) is 0 Å². The van der Waals surface area contributed by atoms with Gasteiger partial charge in [-0.2, -0.15) is 0 Å². The summed E-state index contributed by atoms with van der Waals surface area (Å²) >= 11 is 0. The largest absolute Gasteiger partial charge is 0.346 e. The first-order valence-corrected chi connectivity index (χ1v) is 3.42. The number of amides is 1. The average molecular weight is 155 g/mol. The maximum absolute atomic E-state index is 11.1. The van der Waals surface area contributed by atoms with Gasteiger partial charge in [-0.1, -0.05) is 6.58 Å². The molecule has 0 aliphatic rings. The first kappa shape index (κ1) is 9.88. The van der Waals surface area contributed by atoms with Gasteiger partial charge in [0.2, 0.25) is 5.91 Å². The molecule has 0 radical (unpaired) electrons. The lowest BCUT2D eigenvalue weighted by Crippen LogP contribution is -2.37. The molecule has 62 valence electrons. The van der Waals surface area contributed by atoms with E-state index >= 15 is 0 Å². The molecule has 0 aliphatic carbocycles. The van der Waals surface area contributed by atoms with Gasteiger partial charge in [0.05, 0.1) is 6.04 Å². The predicted octanol–water partition coefficient (Wildman–Crippen LogP) is 0.656. The molecule has 11 heavy (non-hydrogen) atoms. The summed E-state index contributed by atoms with van der Waals surface area (Å²) in [6, 6.07) is -0.454. The van der Waals surface area contributed by atoms with Crippen molar-refractivity contribution >= 4 is 11.7 Å². The molecule has 0 aromatic carbocycles. The van der Waals surface area contributed by atoms with Crippen LogP contribution >= 0.6 is 0 Å². The Balaban J connectivity index is 4.03. The van der Waals surface area contributed by atoms with Crippen molar-refractivity contribution in [2.75, 3.05) is 0 Å². The van der Waals surface area contributed by atoms with Crippen molar-refractivity contribution in [2.24, 2.45) is 0 Å². The van der Waals surface area contributed by atoms with Gasteiger partial charge in [0.1, 0.15) is 0 Å². The highest BCUT2D eigenvalue weighted by Gasteiger charge is 2.13. The van der Waals surface area contributed by atoms with Crippen LogP contribution in [0, 0.1) is 0 Å². The van der Waals surface area contributed by atoms with Crippen LogP contribution in [0.25, 0.3) is 0 Å². The Morgan fingerprint density at radius 3 is 2.09 bits per heavy atom. The lowest BCUT2D eigenvalue weighted by atomic mass is 10.1. The first-order chi connectivity index (χ1) is 4.95. The number of Topliss-reactive ketones (excluding diaryl/α,β-unsaturated/α-hetero) is 1. The monoisotopic (exact) mass is 155 g/mol. The highest BCUT2D eigenvalue weighted by atomic mass is 16.2. The van der Waals surface area contributed by atoms with E-state index in [4.69, 9.17) is 0 Å². The van der Waals surface area contributed by atoms with Crippen molar-refractivity contribution in [3.05, 3.63) is 12.2 Å². The van der Waals surface area contributed by atoms with E-state index in [2.05, 4.69) is 11.9 Å². The Labute approximate surface area is 66.5 Å². The summed E-state index contributed by atoms with van der Waals surface area (Å²) in [7, 11) is 0. The second-order valence-electron chi connectivity index (χ2n) is 2.57. The Morgan fingerprint density at radius 1 is 1.36 bits per heavy atom. The summed E-state index contributed by atoms with van der Waals surface area (Å²) in [6.07, 6.45) is 0. The highest BCUT2D eigenvalue weighted by Crippen LogP contribution is 1.95. The third-order valence-electron chi connectivity index (χ3n) is 1.23. The summed E-state index contributed by atoms with van der Waals surface area (Å²) in [5.74, 6) is -0.327. The van der Waals surface area contributed by atoms with Crippen LogP contribution in [-0.2, 0) is 9.59 Å². The van der Waals surface area contributed by atoms with E-state index < -0.39 is 6.04 Å². The molecule has 0 spiro atoms. The quantitative estimate of drug-likeness (QED) is 0.608. The number of rotatable bonds is 3. The molecule has 3 nitrogen and oxygen atoms in total. The Hall–Kier alpha value is -1.12. The van der Waals surface area contributed by atoms with Gasteiger partial charge in [-0.15, -0.1) is 0 Å². The Morgan fingerprint density at radius 2 is 1.82 bits per heavy atom. The molecule has 0 aromatic rings. The lowest BCUT2D eigenvalue weighted by molar-refractivity contribution is -0.124. The molecular weight excluding hydrogens is 142 g/mol. The third kappa shape index (κ3) is 3.55. The van der Waals surface area contributed by atoms with E-state index in [0.29, 0.717) is 5.57 Å². The van der Waals surface area contributed by atoms with E-state index in [9.17, 15) is 9.59 Å². The second kappa shape index (κ2) is 3.91. The first-order valence-electron chi connectivity index (χ1n) is 3.42. The number of carbonyl (C=O) groups excluding carboxylic acids is 2. The number of nitrogens with one attached hydrogen (secondary N) is 1. The molecule has 0 saturated carbocycles. The molecule has 0 fully saturated rings. The molecule has 0 aliphatic heterocycles. The fourth-order valence-electron chi connectivity index (χ4n) is 0.740. The SMILES string of the molecule is C=C(C)C(=O)C(C)NC(C)=O. The summed E-state index contributed by atoms with van der Waals surface area (Å²) < 4.78 is 0. The summed E-state index contributed by atoms with van der Waals surface area (Å²) in [5, 5.41) is 2.47. The maximum atomic E-state index is 11.1. The standard InChI is InChI=1S/C8H13NO2/c1-5(2)8(11)6(3)9-7(4)10/h6H,1H2,2-4H3,(H,9,10). The number of hydrogen-bond acceptors (Lipinski definition) is 2. The fraction of sp³-hybridized carbons (Fsp3) is 0.500. The van der Waals surface area contributed by atoms with Crippen LogP contribution in [0.15, 0.2) is 12.2 Å². The van der Waals surface area contributed by atoms with Gasteiger partial charge in [0, 0.05) is 6.92 Å². The molecule has 0 aromatic heterocycles. The zero-order valence-electron chi connectivity index (χ0n) is 7.10. The lowest BCUT2D eigenvalue weighted by Gasteiger charge is -2.09. The van der Waals surface area contributed by atoms with Crippen molar-refractivity contribution in [3.63, 3.8) is 0 Å². The normalized spacial score (nSPS) is 11.9. The third-order valence-corrected chi connectivity index (χ3v) is 1.23. The molecule has 1 atom stereocenters. The van der Waals surface area contributed by atoms with Crippen molar-refractivity contribution in [3.8, 4) is 0 Å². The van der Waals surface area contributed by atoms with Crippen LogP contribution in [-0.4, -0.2) is 17.7 Å². The molecule has 3 heteroatoms. The predicted molar refractivity (Wildman–Crippen MR) is 43.1 cm³/mol. The molecule has 0 saturated heterocycles. The molecule has 0 rings (SSSR count). The molecule has 1 unspecified atom stereocenters. The van der Waals surface area contributed by atoms with Crippen LogP contribution in [0.1, 0.15) is 20.8 Å². The van der Waals surface area contributed by atoms with Gasteiger partial charge in [-0.05, 0) is 19.4 Å². The summed E-state index contributed by atoms with van der Waals surface area (Å²) in [5.41, 5.74) is 0.464. The zero-order chi connectivity index (χ0) is 9.02. The summed E-state index contributed by atoms with van der Waals surface area (Å²) in [4.78, 5) is 21.6. The minimum absolute atomic E-state index is 0.125. The van der Waals surface area contributed by atoms with E-state index in [1.165, 1.54) is 6.92 Å². The van der Waals surface area contributed by atoms with Gasteiger partial charge in [0.15, 0.2) is 5.78 Å². The number of carbonyl (C=O) groups is 2. The average Bonchev–Trinajstić information content (AvgIpc) is 1.84. The highest BCUT2D eigenvalue weighted by molar-refractivity contribution is 5.99. The van der Waals surface area contributed by atoms with Crippen molar-refractivity contribution < 1.29 is 9.59 Å².